The van der Waals surface area contributed by atoms with Crippen LogP contribution in [0.15, 0.2) is 34.2 Å². The van der Waals surface area contributed by atoms with Crippen LogP contribution in [0.5, 0.6) is 0 Å². The third kappa shape index (κ3) is 4.21. The van der Waals surface area contributed by atoms with E-state index >= 15 is 0 Å². The molecule has 0 atom stereocenters. The zero-order valence-corrected chi connectivity index (χ0v) is 11.1. The molecule has 0 aliphatic rings. The molecule has 0 aromatic heterocycles. The van der Waals surface area contributed by atoms with E-state index in [9.17, 15) is 18.5 Å². The highest BCUT2D eigenvalue weighted by Crippen LogP contribution is 2.16. The van der Waals surface area contributed by atoms with E-state index in [1.165, 1.54) is 19.2 Å². The lowest BCUT2D eigenvalue weighted by Gasteiger charge is -2.06. The Hall–Kier alpha value is -2.16. The largest absolute Gasteiger partial charge is 0.370 e. The second-order valence-electron chi connectivity index (χ2n) is 3.61. The van der Waals surface area contributed by atoms with Crippen LogP contribution in [0.1, 0.15) is 0 Å². The van der Waals surface area contributed by atoms with Crippen LogP contribution >= 0.6 is 0 Å². The Labute approximate surface area is 110 Å². The number of nitro benzene ring substituents is 1. The van der Waals surface area contributed by atoms with Crippen molar-refractivity contribution >= 4 is 21.5 Å². The van der Waals surface area contributed by atoms with Crippen molar-refractivity contribution in [3.8, 4) is 0 Å². The van der Waals surface area contributed by atoms with Crippen LogP contribution in [-0.2, 0) is 9.84 Å². The maximum Gasteiger partial charge on any atom is 0.269 e. The predicted molar refractivity (Wildman–Crippen MR) is 70.7 cm³/mol. The molecule has 0 bridgehead atoms. The number of guanidine groups is 1. The summed E-state index contributed by atoms with van der Waals surface area (Å²) in [6.45, 7) is 0.114. The number of hydrogen-bond donors (Lipinski definition) is 2. The van der Waals surface area contributed by atoms with Gasteiger partial charge in [0, 0.05) is 25.7 Å². The van der Waals surface area contributed by atoms with Crippen molar-refractivity contribution < 1.29 is 13.3 Å². The molecule has 0 aliphatic carbocycles. The molecule has 9 heteroatoms. The monoisotopic (exact) mass is 286 g/mol. The van der Waals surface area contributed by atoms with Gasteiger partial charge in [-0.05, 0) is 12.1 Å². The van der Waals surface area contributed by atoms with Gasteiger partial charge in [-0.2, -0.15) is 0 Å². The summed E-state index contributed by atoms with van der Waals surface area (Å²) in [4.78, 5) is 13.5. The van der Waals surface area contributed by atoms with E-state index < -0.39 is 14.8 Å². The van der Waals surface area contributed by atoms with E-state index in [2.05, 4.69) is 10.3 Å². The lowest BCUT2D eigenvalue weighted by atomic mass is 10.3. The van der Waals surface area contributed by atoms with E-state index in [1.54, 1.807) is 0 Å². The molecule has 0 aliphatic heterocycles. The Morgan fingerprint density at radius 1 is 1.42 bits per heavy atom. The molecule has 0 amide bonds. The third-order valence-electron chi connectivity index (χ3n) is 2.32. The molecule has 104 valence electrons. The Morgan fingerprint density at radius 3 is 2.47 bits per heavy atom. The van der Waals surface area contributed by atoms with Gasteiger partial charge in [-0.3, -0.25) is 15.1 Å². The molecule has 1 rings (SSSR count). The summed E-state index contributed by atoms with van der Waals surface area (Å²) >= 11 is 0. The minimum atomic E-state index is -3.50. The van der Waals surface area contributed by atoms with Crippen LogP contribution in [0, 0.1) is 10.1 Å². The molecule has 1 aromatic carbocycles. The molecule has 19 heavy (non-hydrogen) atoms. The second-order valence-corrected chi connectivity index (χ2v) is 5.71. The minimum absolute atomic E-state index is 0.0342. The number of aliphatic imine (C=N–C) groups is 1. The lowest BCUT2D eigenvalue weighted by Crippen LogP contribution is -2.34. The number of nitrogens with one attached hydrogen (secondary N) is 1. The highest BCUT2D eigenvalue weighted by atomic mass is 32.2. The maximum atomic E-state index is 11.9. The summed E-state index contributed by atoms with van der Waals surface area (Å²) in [7, 11) is -2.02. The van der Waals surface area contributed by atoms with Crippen LogP contribution < -0.4 is 11.1 Å². The molecule has 8 nitrogen and oxygen atoms in total. The van der Waals surface area contributed by atoms with Crippen LogP contribution in [0.25, 0.3) is 0 Å². The molecule has 0 unspecified atom stereocenters. The van der Waals surface area contributed by atoms with Gasteiger partial charge in [-0.1, -0.05) is 0 Å². The number of nitrogens with zero attached hydrogens (tertiary/aromatic N) is 2. The van der Waals surface area contributed by atoms with Gasteiger partial charge in [0.05, 0.1) is 15.6 Å². The average molecular weight is 286 g/mol. The van der Waals surface area contributed by atoms with Crippen LogP contribution in [0.4, 0.5) is 5.69 Å². The maximum absolute atomic E-state index is 11.9. The van der Waals surface area contributed by atoms with E-state index in [4.69, 9.17) is 5.73 Å². The van der Waals surface area contributed by atoms with Crippen molar-refractivity contribution in [1.29, 1.82) is 0 Å². The van der Waals surface area contributed by atoms with Crippen molar-refractivity contribution in [2.24, 2.45) is 10.7 Å². The highest BCUT2D eigenvalue weighted by molar-refractivity contribution is 7.91. The fourth-order valence-corrected chi connectivity index (χ4v) is 2.44. The fourth-order valence-electron chi connectivity index (χ4n) is 1.29. The van der Waals surface area contributed by atoms with Gasteiger partial charge in [0.25, 0.3) is 5.69 Å². The molecule has 0 spiro atoms. The molecule has 3 N–H and O–H groups in total. The molecule has 0 fully saturated rings. The Balaban J connectivity index is 2.75. The molecule has 1 aromatic rings. The number of nitrogens with two attached hydrogens (primary N) is 1. The molecular formula is C10H14N4O4S. The number of rotatable bonds is 5. The molecule has 0 heterocycles. The average Bonchev–Trinajstić information content (AvgIpc) is 2.38. The normalized spacial score (nSPS) is 12.2. The number of hydrogen-bond acceptors (Lipinski definition) is 5. The van der Waals surface area contributed by atoms with Crippen molar-refractivity contribution in [1.82, 2.24) is 5.32 Å². The first-order chi connectivity index (χ1) is 8.86. The summed E-state index contributed by atoms with van der Waals surface area (Å²) in [6, 6.07) is 4.74. The summed E-state index contributed by atoms with van der Waals surface area (Å²) in [5.74, 6) is -0.0278. The first kappa shape index (κ1) is 14.9. The first-order valence-electron chi connectivity index (χ1n) is 5.30. The van der Waals surface area contributed by atoms with E-state index in [1.807, 2.05) is 0 Å². The van der Waals surface area contributed by atoms with Crippen LogP contribution in [-0.4, -0.2) is 38.6 Å². The summed E-state index contributed by atoms with van der Waals surface area (Å²) in [5, 5.41) is 13.1. The number of benzene rings is 1. The van der Waals surface area contributed by atoms with E-state index in [-0.39, 0.29) is 28.8 Å². The van der Waals surface area contributed by atoms with Gasteiger partial charge in [-0.15, -0.1) is 0 Å². The second kappa shape index (κ2) is 6.14. The summed E-state index contributed by atoms with van der Waals surface area (Å²) in [6.07, 6.45) is 0. The van der Waals surface area contributed by atoms with Crippen molar-refractivity contribution in [2.75, 3.05) is 19.3 Å². The van der Waals surface area contributed by atoms with Gasteiger partial charge in [0.2, 0.25) is 0 Å². The predicted octanol–water partition coefficient (Wildman–Crippen LogP) is -0.0974. The zero-order valence-electron chi connectivity index (χ0n) is 10.2. The van der Waals surface area contributed by atoms with Gasteiger partial charge in [-0.25, -0.2) is 8.42 Å². The molecule has 0 saturated heterocycles. The van der Waals surface area contributed by atoms with Crippen molar-refractivity contribution in [3.05, 3.63) is 34.4 Å². The fraction of sp³-hybridized carbons (Fsp3) is 0.300. The topological polar surface area (TPSA) is 128 Å². The summed E-state index contributed by atoms with van der Waals surface area (Å²) < 4.78 is 23.8. The standard InChI is InChI=1S/C10H14N4O4S/c1-12-10(11)13-6-7-19(17,18)9-4-2-8(3-5-9)14(15)16/h2-5H,6-7H2,1H3,(H3,11,12,13). The van der Waals surface area contributed by atoms with E-state index in [0.717, 1.165) is 12.1 Å². The minimum Gasteiger partial charge on any atom is -0.370 e. The van der Waals surface area contributed by atoms with Gasteiger partial charge in [0.15, 0.2) is 15.8 Å². The number of nitro groups is 1. The zero-order chi connectivity index (χ0) is 14.5. The highest BCUT2D eigenvalue weighted by Gasteiger charge is 2.15. The van der Waals surface area contributed by atoms with Crippen LogP contribution in [0.2, 0.25) is 0 Å². The lowest BCUT2D eigenvalue weighted by molar-refractivity contribution is -0.384. The number of sulfone groups is 1. The smallest absolute Gasteiger partial charge is 0.269 e. The Morgan fingerprint density at radius 2 is 2.00 bits per heavy atom. The number of non-ortho nitro benzene ring substituents is 1. The van der Waals surface area contributed by atoms with Gasteiger partial charge >= 0.3 is 0 Å². The van der Waals surface area contributed by atoms with Crippen molar-refractivity contribution in [2.45, 2.75) is 4.90 Å². The summed E-state index contributed by atoms with van der Waals surface area (Å²) in [5.41, 5.74) is 5.21. The molecular weight excluding hydrogens is 272 g/mol. The van der Waals surface area contributed by atoms with Gasteiger partial charge < -0.3 is 11.1 Å². The Kier molecular flexibility index (Phi) is 4.81. The van der Waals surface area contributed by atoms with E-state index in [0.29, 0.717) is 0 Å². The SMILES string of the molecule is CN=C(N)NCCS(=O)(=O)c1ccc([N+](=O)[O-])cc1. The van der Waals surface area contributed by atoms with Crippen LogP contribution in [0.3, 0.4) is 0 Å². The van der Waals surface area contributed by atoms with Gasteiger partial charge in [0.1, 0.15) is 0 Å². The first-order valence-corrected chi connectivity index (χ1v) is 6.95. The molecule has 0 saturated carbocycles. The van der Waals surface area contributed by atoms with Crippen molar-refractivity contribution in [3.63, 3.8) is 0 Å². The molecule has 0 radical (unpaired) electrons. The Bertz CT molecular complexity index is 580. The third-order valence-corrected chi connectivity index (χ3v) is 4.06. The quantitative estimate of drug-likeness (QED) is 0.337.